The molecule has 0 spiro atoms. The highest BCUT2D eigenvalue weighted by atomic mass is 127. The van der Waals surface area contributed by atoms with Gasteiger partial charge in [0, 0.05) is 16.2 Å². The molecule has 1 fully saturated rings. The van der Waals surface area contributed by atoms with Crippen LogP contribution < -0.4 is 4.74 Å². The molecule has 3 heteroatoms. The van der Waals surface area contributed by atoms with Crippen LogP contribution in [0.15, 0.2) is 24.3 Å². The van der Waals surface area contributed by atoms with Crippen molar-refractivity contribution in [1.82, 2.24) is 4.90 Å². The Kier molecular flexibility index (Phi) is 5.76. The molecule has 2 nitrogen and oxygen atoms in total. The number of benzene rings is 1. The number of ether oxygens (including phenoxy) is 1. The lowest BCUT2D eigenvalue weighted by Gasteiger charge is -2.33. The van der Waals surface area contributed by atoms with Gasteiger partial charge >= 0.3 is 0 Å². The fourth-order valence-electron chi connectivity index (χ4n) is 2.48. The average Bonchev–Trinajstić information content (AvgIpc) is 2.39. The molecule has 1 saturated heterocycles. The van der Waals surface area contributed by atoms with Crippen LogP contribution in [-0.4, -0.2) is 30.6 Å². The zero-order valence-corrected chi connectivity index (χ0v) is 13.2. The summed E-state index contributed by atoms with van der Waals surface area (Å²) in [6.45, 7) is 5.61. The number of rotatable bonds is 5. The van der Waals surface area contributed by atoms with Gasteiger partial charge in [-0.05, 0) is 79.6 Å². The van der Waals surface area contributed by atoms with Crippen LogP contribution in [0.4, 0.5) is 0 Å². The Morgan fingerprint density at radius 2 is 2.06 bits per heavy atom. The Bertz CT molecular complexity index is 352. The third-order valence-corrected chi connectivity index (χ3v) is 4.33. The van der Waals surface area contributed by atoms with Crippen molar-refractivity contribution >= 4 is 22.6 Å². The van der Waals surface area contributed by atoms with E-state index in [1.54, 1.807) is 0 Å². The minimum Gasteiger partial charge on any atom is -0.494 e. The summed E-state index contributed by atoms with van der Waals surface area (Å²) in [6.07, 6.45) is 5.24. The summed E-state index contributed by atoms with van der Waals surface area (Å²) >= 11 is 2.31. The van der Waals surface area contributed by atoms with Gasteiger partial charge in [0.15, 0.2) is 0 Å². The first-order valence-electron chi connectivity index (χ1n) is 6.88. The van der Waals surface area contributed by atoms with E-state index in [0.717, 1.165) is 24.8 Å². The molecule has 0 aliphatic carbocycles. The van der Waals surface area contributed by atoms with Crippen molar-refractivity contribution in [3.8, 4) is 5.75 Å². The van der Waals surface area contributed by atoms with Crippen LogP contribution in [-0.2, 0) is 0 Å². The predicted octanol–water partition coefficient (Wildman–Crippen LogP) is 3.93. The lowest BCUT2D eigenvalue weighted by molar-refractivity contribution is 0.148. The summed E-state index contributed by atoms with van der Waals surface area (Å²) in [5, 5.41) is 0. The van der Waals surface area contributed by atoms with Crippen molar-refractivity contribution in [2.24, 2.45) is 0 Å². The van der Waals surface area contributed by atoms with E-state index in [1.807, 2.05) is 12.1 Å². The van der Waals surface area contributed by atoms with Gasteiger partial charge in [0.2, 0.25) is 0 Å². The summed E-state index contributed by atoms with van der Waals surface area (Å²) in [6, 6.07) is 9.03. The normalized spacial score (nSPS) is 20.9. The summed E-state index contributed by atoms with van der Waals surface area (Å²) in [5.74, 6) is 0.988. The molecule has 1 heterocycles. The zero-order valence-electron chi connectivity index (χ0n) is 11.1. The van der Waals surface area contributed by atoms with E-state index < -0.39 is 0 Å². The van der Waals surface area contributed by atoms with Gasteiger partial charge in [-0.2, -0.15) is 0 Å². The number of hydrogen-bond acceptors (Lipinski definition) is 2. The van der Waals surface area contributed by atoms with Gasteiger partial charge in [0.05, 0.1) is 6.61 Å². The maximum Gasteiger partial charge on any atom is 0.119 e. The van der Waals surface area contributed by atoms with Crippen molar-refractivity contribution in [2.75, 3.05) is 19.7 Å². The van der Waals surface area contributed by atoms with Gasteiger partial charge in [0.25, 0.3) is 0 Å². The van der Waals surface area contributed by atoms with E-state index in [4.69, 9.17) is 4.74 Å². The second kappa shape index (κ2) is 7.34. The molecule has 1 aliphatic rings. The first-order valence-corrected chi connectivity index (χ1v) is 7.96. The van der Waals surface area contributed by atoms with Crippen molar-refractivity contribution in [3.63, 3.8) is 0 Å². The zero-order chi connectivity index (χ0) is 12.8. The molecule has 18 heavy (non-hydrogen) atoms. The third kappa shape index (κ3) is 4.43. The minimum absolute atomic E-state index is 0.761. The summed E-state index contributed by atoms with van der Waals surface area (Å²) in [4.78, 5) is 2.60. The molecule has 1 atom stereocenters. The van der Waals surface area contributed by atoms with Gasteiger partial charge in [-0.25, -0.2) is 0 Å². The average molecular weight is 359 g/mol. The quantitative estimate of drug-likeness (QED) is 0.583. The maximum atomic E-state index is 5.76. The summed E-state index contributed by atoms with van der Waals surface area (Å²) in [5.41, 5.74) is 0. The standard InChI is InChI=1S/C15H22INO/c1-13-5-2-3-10-17(13)11-4-12-18-15-8-6-14(16)7-9-15/h6-9,13H,2-5,10-12H2,1H3/t13-/m0/s1. The van der Waals surface area contributed by atoms with Crippen molar-refractivity contribution < 1.29 is 4.74 Å². The number of hydrogen-bond donors (Lipinski definition) is 0. The first-order chi connectivity index (χ1) is 8.75. The lowest BCUT2D eigenvalue weighted by atomic mass is 10.0. The van der Waals surface area contributed by atoms with Gasteiger partial charge in [0.1, 0.15) is 5.75 Å². The molecule has 2 rings (SSSR count). The highest BCUT2D eigenvalue weighted by Gasteiger charge is 2.17. The molecule has 0 saturated carbocycles. The fraction of sp³-hybridized carbons (Fsp3) is 0.600. The molecule has 0 aromatic heterocycles. The number of likely N-dealkylation sites (tertiary alicyclic amines) is 1. The molecule has 0 N–H and O–H groups in total. The smallest absolute Gasteiger partial charge is 0.119 e. The highest BCUT2D eigenvalue weighted by molar-refractivity contribution is 14.1. The topological polar surface area (TPSA) is 12.5 Å². The number of halogens is 1. The van der Waals surface area contributed by atoms with E-state index in [1.165, 1.54) is 35.9 Å². The van der Waals surface area contributed by atoms with Crippen molar-refractivity contribution in [1.29, 1.82) is 0 Å². The summed E-state index contributed by atoms with van der Waals surface area (Å²) in [7, 11) is 0. The van der Waals surface area contributed by atoms with Crippen LogP contribution in [0.25, 0.3) is 0 Å². The molecule has 0 amide bonds. The minimum atomic E-state index is 0.761. The Hall–Kier alpha value is -0.290. The Labute approximate surface area is 124 Å². The first kappa shape index (κ1) is 14.1. The second-order valence-electron chi connectivity index (χ2n) is 5.04. The number of nitrogens with zero attached hydrogens (tertiary/aromatic N) is 1. The molecule has 0 unspecified atom stereocenters. The van der Waals surface area contributed by atoms with E-state index in [2.05, 4.69) is 46.5 Å². The Morgan fingerprint density at radius 1 is 1.28 bits per heavy atom. The van der Waals surface area contributed by atoms with E-state index >= 15 is 0 Å². The fourth-order valence-corrected chi connectivity index (χ4v) is 2.84. The van der Waals surface area contributed by atoms with Crippen LogP contribution >= 0.6 is 22.6 Å². The summed E-state index contributed by atoms with van der Waals surface area (Å²) < 4.78 is 7.01. The molecular formula is C15H22INO. The highest BCUT2D eigenvalue weighted by Crippen LogP contribution is 2.17. The molecule has 0 radical (unpaired) electrons. The molecule has 100 valence electrons. The SMILES string of the molecule is C[C@H]1CCCCN1CCCOc1ccc(I)cc1. The van der Waals surface area contributed by atoms with Gasteiger partial charge in [-0.3, -0.25) is 0 Å². The predicted molar refractivity (Wildman–Crippen MR) is 84.2 cm³/mol. The third-order valence-electron chi connectivity index (χ3n) is 3.61. The van der Waals surface area contributed by atoms with Crippen LogP contribution in [0.5, 0.6) is 5.75 Å². The Balaban J connectivity index is 1.65. The van der Waals surface area contributed by atoms with E-state index in [-0.39, 0.29) is 0 Å². The van der Waals surface area contributed by atoms with Gasteiger partial charge < -0.3 is 9.64 Å². The number of piperidine rings is 1. The monoisotopic (exact) mass is 359 g/mol. The Morgan fingerprint density at radius 3 is 2.78 bits per heavy atom. The molecule has 1 aliphatic heterocycles. The largest absolute Gasteiger partial charge is 0.494 e. The van der Waals surface area contributed by atoms with Crippen LogP contribution in [0.3, 0.4) is 0 Å². The van der Waals surface area contributed by atoms with Crippen LogP contribution in [0, 0.1) is 3.57 Å². The molecule has 1 aromatic rings. The second-order valence-corrected chi connectivity index (χ2v) is 6.28. The van der Waals surface area contributed by atoms with Crippen molar-refractivity contribution in [3.05, 3.63) is 27.8 Å². The van der Waals surface area contributed by atoms with Crippen molar-refractivity contribution in [2.45, 2.75) is 38.6 Å². The van der Waals surface area contributed by atoms with Crippen LogP contribution in [0.2, 0.25) is 0 Å². The van der Waals surface area contributed by atoms with E-state index in [9.17, 15) is 0 Å². The molecule has 0 bridgehead atoms. The van der Waals surface area contributed by atoms with Gasteiger partial charge in [-0.15, -0.1) is 0 Å². The van der Waals surface area contributed by atoms with Crippen LogP contribution in [0.1, 0.15) is 32.6 Å². The maximum absolute atomic E-state index is 5.76. The lowest BCUT2D eigenvalue weighted by Crippen LogP contribution is -2.38. The van der Waals surface area contributed by atoms with E-state index in [0.29, 0.717) is 0 Å². The molecular weight excluding hydrogens is 337 g/mol. The van der Waals surface area contributed by atoms with Gasteiger partial charge in [-0.1, -0.05) is 6.42 Å². The molecule has 1 aromatic carbocycles.